The summed E-state index contributed by atoms with van der Waals surface area (Å²) in [6.07, 6.45) is 0. The summed E-state index contributed by atoms with van der Waals surface area (Å²) in [5.74, 6) is -2.97. The molecule has 18 heavy (non-hydrogen) atoms. The molecule has 5 heteroatoms. The van der Waals surface area contributed by atoms with Gasteiger partial charge in [0.05, 0.1) is 5.60 Å². The molecule has 0 spiro atoms. The van der Waals surface area contributed by atoms with E-state index >= 15 is 0 Å². The van der Waals surface area contributed by atoms with Gasteiger partial charge in [0.1, 0.15) is 5.82 Å². The molecule has 1 rings (SSSR count). The molecule has 0 fully saturated rings. The fourth-order valence-corrected chi connectivity index (χ4v) is 1.64. The van der Waals surface area contributed by atoms with Crippen LogP contribution in [0.15, 0.2) is 12.1 Å². The van der Waals surface area contributed by atoms with Gasteiger partial charge < -0.3 is 10.1 Å². The van der Waals surface area contributed by atoms with Crippen molar-refractivity contribution >= 4 is 0 Å². The van der Waals surface area contributed by atoms with Gasteiger partial charge in [-0.15, -0.1) is 0 Å². The highest BCUT2D eigenvalue weighted by Crippen LogP contribution is 2.14. The molecule has 0 heterocycles. The van der Waals surface area contributed by atoms with E-state index in [0.717, 1.165) is 6.07 Å². The van der Waals surface area contributed by atoms with Crippen LogP contribution in [0.25, 0.3) is 0 Å². The minimum Gasteiger partial charge on any atom is -0.375 e. The van der Waals surface area contributed by atoms with E-state index in [1.54, 1.807) is 0 Å². The van der Waals surface area contributed by atoms with Crippen molar-refractivity contribution in [2.45, 2.75) is 32.9 Å². The summed E-state index contributed by atoms with van der Waals surface area (Å²) in [6, 6.07) is 1.42. The zero-order valence-corrected chi connectivity index (χ0v) is 10.8. The van der Waals surface area contributed by atoms with E-state index in [4.69, 9.17) is 4.74 Å². The number of halogens is 3. The van der Waals surface area contributed by atoms with Gasteiger partial charge in [-0.3, -0.25) is 0 Å². The molecule has 2 nitrogen and oxygen atoms in total. The summed E-state index contributed by atoms with van der Waals surface area (Å²) < 4.78 is 44.4. The molecular weight excluding hydrogens is 243 g/mol. The maximum atomic E-state index is 13.3. The van der Waals surface area contributed by atoms with E-state index in [9.17, 15) is 13.2 Å². The minimum atomic E-state index is -1.18. The molecule has 1 N–H and O–H groups in total. The van der Waals surface area contributed by atoms with Crippen LogP contribution in [0.3, 0.4) is 0 Å². The van der Waals surface area contributed by atoms with Crippen molar-refractivity contribution in [2.24, 2.45) is 0 Å². The van der Waals surface area contributed by atoms with Crippen molar-refractivity contribution < 1.29 is 17.9 Å². The second-order valence-corrected chi connectivity index (χ2v) is 4.65. The SMILES string of the molecule is CCOC(C)(C)CNCc1cc(F)c(F)cc1F. The number of hydrogen-bond acceptors (Lipinski definition) is 2. The fourth-order valence-electron chi connectivity index (χ4n) is 1.64. The first-order valence-electron chi connectivity index (χ1n) is 5.84. The molecule has 0 amide bonds. The Morgan fingerprint density at radius 1 is 1.11 bits per heavy atom. The summed E-state index contributed by atoms with van der Waals surface area (Å²) in [4.78, 5) is 0. The van der Waals surface area contributed by atoms with E-state index in [1.807, 2.05) is 20.8 Å². The third kappa shape index (κ3) is 4.31. The van der Waals surface area contributed by atoms with E-state index in [1.165, 1.54) is 0 Å². The van der Waals surface area contributed by atoms with Crippen LogP contribution in [-0.2, 0) is 11.3 Å². The number of rotatable bonds is 6. The van der Waals surface area contributed by atoms with Crippen molar-refractivity contribution in [3.05, 3.63) is 35.1 Å². The molecule has 0 aliphatic carbocycles. The van der Waals surface area contributed by atoms with Gasteiger partial charge in [0, 0.05) is 31.3 Å². The van der Waals surface area contributed by atoms with Crippen LogP contribution in [0.4, 0.5) is 13.2 Å². The molecule has 0 saturated heterocycles. The Kier molecular flexibility index (Phi) is 5.16. The Morgan fingerprint density at radius 3 is 2.33 bits per heavy atom. The van der Waals surface area contributed by atoms with Crippen molar-refractivity contribution in [2.75, 3.05) is 13.2 Å². The van der Waals surface area contributed by atoms with Crippen LogP contribution in [0.1, 0.15) is 26.3 Å². The van der Waals surface area contributed by atoms with Crippen LogP contribution in [0.2, 0.25) is 0 Å². The molecule has 0 radical (unpaired) electrons. The minimum absolute atomic E-state index is 0.0983. The van der Waals surface area contributed by atoms with Crippen molar-refractivity contribution in [3.63, 3.8) is 0 Å². The van der Waals surface area contributed by atoms with Gasteiger partial charge in [-0.25, -0.2) is 13.2 Å². The van der Waals surface area contributed by atoms with Gasteiger partial charge >= 0.3 is 0 Å². The molecule has 0 aliphatic heterocycles. The predicted molar refractivity (Wildman–Crippen MR) is 63.7 cm³/mol. The largest absolute Gasteiger partial charge is 0.375 e. The third-order valence-electron chi connectivity index (χ3n) is 2.49. The number of nitrogens with one attached hydrogen (secondary N) is 1. The molecule has 102 valence electrons. The number of benzene rings is 1. The Labute approximate surface area is 105 Å². The molecule has 0 bridgehead atoms. The molecular formula is C13H18F3NO. The highest BCUT2D eigenvalue weighted by atomic mass is 19.2. The topological polar surface area (TPSA) is 21.3 Å². The van der Waals surface area contributed by atoms with Crippen LogP contribution in [0.5, 0.6) is 0 Å². The van der Waals surface area contributed by atoms with Crippen LogP contribution >= 0.6 is 0 Å². The molecule has 0 unspecified atom stereocenters. The maximum absolute atomic E-state index is 13.3. The van der Waals surface area contributed by atoms with Gasteiger partial charge in [-0.1, -0.05) is 0 Å². The van der Waals surface area contributed by atoms with Crippen LogP contribution in [-0.4, -0.2) is 18.8 Å². The van der Waals surface area contributed by atoms with E-state index in [-0.39, 0.29) is 17.7 Å². The first-order valence-corrected chi connectivity index (χ1v) is 5.84. The Balaban J connectivity index is 2.57. The van der Waals surface area contributed by atoms with Gasteiger partial charge in [-0.2, -0.15) is 0 Å². The average Bonchev–Trinajstić information content (AvgIpc) is 2.25. The quantitative estimate of drug-likeness (QED) is 0.795. The van der Waals surface area contributed by atoms with Gasteiger partial charge in [0.25, 0.3) is 0 Å². The van der Waals surface area contributed by atoms with E-state index in [0.29, 0.717) is 19.2 Å². The summed E-state index contributed by atoms with van der Waals surface area (Å²) in [5.41, 5.74) is -0.287. The van der Waals surface area contributed by atoms with Crippen molar-refractivity contribution in [1.29, 1.82) is 0 Å². The second-order valence-electron chi connectivity index (χ2n) is 4.65. The highest BCUT2D eigenvalue weighted by Gasteiger charge is 2.17. The summed E-state index contributed by atoms with van der Waals surface area (Å²) >= 11 is 0. The van der Waals surface area contributed by atoms with Crippen molar-refractivity contribution in [1.82, 2.24) is 5.32 Å². The molecule has 0 aliphatic rings. The Morgan fingerprint density at radius 2 is 1.72 bits per heavy atom. The predicted octanol–water partition coefficient (Wildman–Crippen LogP) is 3.01. The smallest absolute Gasteiger partial charge is 0.161 e. The van der Waals surface area contributed by atoms with Crippen LogP contribution in [0, 0.1) is 17.5 Å². The summed E-state index contributed by atoms with van der Waals surface area (Å²) in [7, 11) is 0. The Bertz CT molecular complexity index is 407. The number of hydrogen-bond donors (Lipinski definition) is 1. The van der Waals surface area contributed by atoms with E-state index < -0.39 is 17.5 Å². The highest BCUT2D eigenvalue weighted by molar-refractivity contribution is 5.19. The molecule has 0 aromatic heterocycles. The lowest BCUT2D eigenvalue weighted by Crippen LogP contribution is -2.37. The van der Waals surface area contributed by atoms with Gasteiger partial charge in [0.15, 0.2) is 11.6 Å². The lowest BCUT2D eigenvalue weighted by Gasteiger charge is -2.25. The molecule has 1 aromatic carbocycles. The van der Waals surface area contributed by atoms with Gasteiger partial charge in [-0.05, 0) is 26.8 Å². The molecule has 0 atom stereocenters. The van der Waals surface area contributed by atoms with Gasteiger partial charge in [0.2, 0.25) is 0 Å². The first-order chi connectivity index (χ1) is 8.35. The second kappa shape index (κ2) is 6.20. The molecule has 0 saturated carbocycles. The summed E-state index contributed by atoms with van der Waals surface area (Å²) in [5, 5.41) is 2.96. The number of ether oxygens (including phenoxy) is 1. The Hall–Kier alpha value is -1.07. The van der Waals surface area contributed by atoms with Crippen LogP contribution < -0.4 is 5.32 Å². The monoisotopic (exact) mass is 261 g/mol. The fraction of sp³-hybridized carbons (Fsp3) is 0.538. The zero-order chi connectivity index (χ0) is 13.8. The average molecular weight is 261 g/mol. The lowest BCUT2D eigenvalue weighted by atomic mass is 10.1. The van der Waals surface area contributed by atoms with Crippen molar-refractivity contribution in [3.8, 4) is 0 Å². The third-order valence-corrected chi connectivity index (χ3v) is 2.49. The molecule has 1 aromatic rings. The maximum Gasteiger partial charge on any atom is 0.161 e. The summed E-state index contributed by atoms with van der Waals surface area (Å²) in [6.45, 7) is 6.86. The first kappa shape index (κ1) is 15.0. The zero-order valence-electron chi connectivity index (χ0n) is 10.8. The lowest BCUT2D eigenvalue weighted by molar-refractivity contribution is -0.00902. The normalized spacial score (nSPS) is 11.9. The standard InChI is InChI=1S/C13H18F3NO/c1-4-18-13(2,3)8-17-7-9-5-11(15)12(16)6-10(9)14/h5-6,17H,4,7-8H2,1-3H3. The van der Waals surface area contributed by atoms with E-state index in [2.05, 4.69) is 5.32 Å².